The molecule has 0 aromatic heterocycles. The summed E-state index contributed by atoms with van der Waals surface area (Å²) in [6.45, 7) is 7.18. The van der Waals surface area contributed by atoms with Crippen molar-refractivity contribution in [1.82, 2.24) is 4.90 Å². The fourth-order valence-electron chi connectivity index (χ4n) is 1.90. The van der Waals surface area contributed by atoms with Crippen LogP contribution in [0, 0.1) is 0 Å². The van der Waals surface area contributed by atoms with Crippen molar-refractivity contribution in [2.24, 2.45) is 0 Å². The maximum Gasteiger partial charge on any atom is 0.324 e. The van der Waals surface area contributed by atoms with E-state index in [-0.39, 0.29) is 24.0 Å². The third kappa shape index (κ3) is 3.98. The van der Waals surface area contributed by atoms with E-state index in [0.717, 1.165) is 12.8 Å². The lowest BCUT2D eigenvalue weighted by atomic mass is 10.2. The van der Waals surface area contributed by atoms with Gasteiger partial charge in [-0.2, -0.15) is 0 Å². The molecular weight excluding hydrogens is 234 g/mol. The first-order valence-electron chi connectivity index (χ1n) is 6.74. The molecule has 1 rings (SSSR count). The molecule has 0 amide bonds. The van der Waals surface area contributed by atoms with Gasteiger partial charge in [0.05, 0.1) is 13.2 Å². The Morgan fingerprint density at radius 1 is 1.28 bits per heavy atom. The van der Waals surface area contributed by atoms with Gasteiger partial charge in [-0.05, 0) is 19.8 Å². The molecule has 0 radical (unpaired) electrons. The summed E-state index contributed by atoms with van der Waals surface area (Å²) in [7, 11) is 0. The van der Waals surface area contributed by atoms with Crippen LogP contribution in [0.4, 0.5) is 0 Å². The molecular formula is C13H23NO4. The Morgan fingerprint density at radius 3 is 2.56 bits per heavy atom. The first-order chi connectivity index (χ1) is 8.65. The van der Waals surface area contributed by atoms with Crippen LogP contribution < -0.4 is 0 Å². The van der Waals surface area contributed by atoms with Crippen LogP contribution >= 0.6 is 0 Å². The fourth-order valence-corrected chi connectivity index (χ4v) is 1.90. The van der Waals surface area contributed by atoms with Crippen molar-refractivity contribution >= 4 is 11.9 Å². The van der Waals surface area contributed by atoms with Gasteiger partial charge in [0.25, 0.3) is 0 Å². The van der Waals surface area contributed by atoms with Gasteiger partial charge in [-0.15, -0.1) is 0 Å². The molecule has 0 aromatic carbocycles. The standard InChI is InChI=1S/C13H23NO4/c1-4-7-8-18-13(16)11-9-14(11)10(5-2)12(15)17-6-3/h10-11H,4-9H2,1-3H3/t10-,11-,14?/m1/s1. The van der Waals surface area contributed by atoms with E-state index in [9.17, 15) is 9.59 Å². The zero-order valence-corrected chi connectivity index (χ0v) is 11.5. The number of unbranched alkanes of at least 4 members (excludes halogenated alkanes) is 1. The predicted molar refractivity (Wildman–Crippen MR) is 67.1 cm³/mol. The summed E-state index contributed by atoms with van der Waals surface area (Å²) in [6, 6.07) is -0.565. The topological polar surface area (TPSA) is 55.6 Å². The molecule has 0 bridgehead atoms. The third-order valence-corrected chi connectivity index (χ3v) is 3.01. The first-order valence-corrected chi connectivity index (χ1v) is 6.74. The fraction of sp³-hybridized carbons (Fsp3) is 0.846. The average Bonchev–Trinajstić information content (AvgIpc) is 3.11. The van der Waals surface area contributed by atoms with E-state index in [2.05, 4.69) is 0 Å². The molecule has 1 fully saturated rings. The van der Waals surface area contributed by atoms with E-state index in [0.29, 0.717) is 26.2 Å². The molecule has 1 unspecified atom stereocenters. The van der Waals surface area contributed by atoms with Gasteiger partial charge < -0.3 is 9.47 Å². The van der Waals surface area contributed by atoms with Gasteiger partial charge in [0.15, 0.2) is 0 Å². The van der Waals surface area contributed by atoms with Crippen molar-refractivity contribution in [1.29, 1.82) is 0 Å². The highest BCUT2D eigenvalue weighted by atomic mass is 16.5. The van der Waals surface area contributed by atoms with Gasteiger partial charge >= 0.3 is 11.9 Å². The molecule has 0 spiro atoms. The molecule has 104 valence electrons. The largest absolute Gasteiger partial charge is 0.465 e. The van der Waals surface area contributed by atoms with Crippen molar-refractivity contribution < 1.29 is 19.1 Å². The summed E-state index contributed by atoms with van der Waals surface area (Å²) in [6.07, 6.45) is 2.53. The number of nitrogens with zero attached hydrogens (tertiary/aromatic N) is 1. The number of hydrogen-bond donors (Lipinski definition) is 0. The molecule has 1 aliphatic heterocycles. The first kappa shape index (κ1) is 15.0. The minimum absolute atomic E-state index is 0.216. The van der Waals surface area contributed by atoms with Crippen LogP contribution in [-0.4, -0.2) is 48.7 Å². The summed E-state index contributed by atoms with van der Waals surface area (Å²) in [5.74, 6) is -0.463. The SMILES string of the molecule is CCCCOC(=O)[C@H]1CN1[C@H](CC)C(=O)OCC. The Kier molecular flexibility index (Phi) is 6.12. The van der Waals surface area contributed by atoms with Gasteiger partial charge in [-0.3, -0.25) is 14.5 Å². The van der Waals surface area contributed by atoms with Crippen LogP contribution in [0.3, 0.4) is 0 Å². The molecule has 0 saturated carbocycles. The monoisotopic (exact) mass is 257 g/mol. The summed E-state index contributed by atoms with van der Waals surface area (Å²) in [5.41, 5.74) is 0. The minimum atomic E-state index is -0.311. The van der Waals surface area contributed by atoms with Gasteiger partial charge in [-0.25, -0.2) is 0 Å². The molecule has 1 aliphatic rings. The number of hydrogen-bond acceptors (Lipinski definition) is 5. The highest BCUT2D eigenvalue weighted by Crippen LogP contribution is 2.25. The van der Waals surface area contributed by atoms with Crippen molar-refractivity contribution in [2.45, 2.75) is 52.1 Å². The van der Waals surface area contributed by atoms with Crippen LogP contribution in [0.15, 0.2) is 0 Å². The zero-order valence-electron chi connectivity index (χ0n) is 11.5. The predicted octanol–water partition coefficient (Wildman–Crippen LogP) is 1.36. The zero-order chi connectivity index (χ0) is 13.5. The molecule has 1 heterocycles. The summed E-state index contributed by atoms with van der Waals surface area (Å²) >= 11 is 0. The number of carbonyl (C=O) groups is 2. The van der Waals surface area contributed by atoms with E-state index in [1.807, 2.05) is 18.7 Å². The van der Waals surface area contributed by atoms with Gasteiger partial charge in [-0.1, -0.05) is 20.3 Å². The maximum atomic E-state index is 11.7. The summed E-state index contributed by atoms with van der Waals surface area (Å²) in [5, 5.41) is 0. The Hall–Kier alpha value is -1.10. The highest BCUT2D eigenvalue weighted by molar-refractivity contribution is 5.83. The number of rotatable bonds is 8. The van der Waals surface area contributed by atoms with Crippen LogP contribution in [-0.2, 0) is 19.1 Å². The molecule has 5 nitrogen and oxygen atoms in total. The number of carbonyl (C=O) groups excluding carboxylic acids is 2. The van der Waals surface area contributed by atoms with Crippen molar-refractivity contribution in [3.8, 4) is 0 Å². The molecule has 0 N–H and O–H groups in total. The minimum Gasteiger partial charge on any atom is -0.465 e. The average molecular weight is 257 g/mol. The lowest BCUT2D eigenvalue weighted by Crippen LogP contribution is -2.33. The van der Waals surface area contributed by atoms with E-state index in [4.69, 9.17) is 9.47 Å². The molecule has 0 aliphatic carbocycles. The second-order valence-electron chi connectivity index (χ2n) is 4.41. The highest BCUT2D eigenvalue weighted by Gasteiger charge is 2.48. The van der Waals surface area contributed by atoms with E-state index >= 15 is 0 Å². The lowest BCUT2D eigenvalue weighted by Gasteiger charge is -2.15. The Labute approximate surface area is 108 Å². The second kappa shape index (κ2) is 7.36. The maximum absolute atomic E-state index is 11.7. The Balaban J connectivity index is 2.36. The van der Waals surface area contributed by atoms with Gasteiger partial charge in [0, 0.05) is 6.54 Å². The quantitative estimate of drug-likeness (QED) is 0.373. The van der Waals surface area contributed by atoms with Crippen molar-refractivity contribution in [3.05, 3.63) is 0 Å². The molecule has 0 aromatic rings. The van der Waals surface area contributed by atoms with Gasteiger partial charge in [0.1, 0.15) is 12.1 Å². The van der Waals surface area contributed by atoms with E-state index in [1.54, 1.807) is 6.92 Å². The van der Waals surface area contributed by atoms with Crippen LogP contribution in [0.5, 0.6) is 0 Å². The molecule has 3 atom stereocenters. The summed E-state index contributed by atoms with van der Waals surface area (Å²) in [4.78, 5) is 25.2. The summed E-state index contributed by atoms with van der Waals surface area (Å²) < 4.78 is 10.1. The smallest absolute Gasteiger partial charge is 0.324 e. The van der Waals surface area contributed by atoms with Crippen molar-refractivity contribution in [3.63, 3.8) is 0 Å². The van der Waals surface area contributed by atoms with Crippen LogP contribution in [0.1, 0.15) is 40.0 Å². The molecule has 18 heavy (non-hydrogen) atoms. The lowest BCUT2D eigenvalue weighted by molar-refractivity contribution is -0.149. The third-order valence-electron chi connectivity index (χ3n) is 3.01. The van der Waals surface area contributed by atoms with Crippen LogP contribution in [0.2, 0.25) is 0 Å². The van der Waals surface area contributed by atoms with Gasteiger partial charge in [0.2, 0.25) is 0 Å². The Morgan fingerprint density at radius 2 is 2.00 bits per heavy atom. The van der Waals surface area contributed by atoms with Crippen molar-refractivity contribution in [2.75, 3.05) is 19.8 Å². The van der Waals surface area contributed by atoms with E-state index in [1.165, 1.54) is 0 Å². The normalized spacial score (nSPS) is 23.3. The van der Waals surface area contributed by atoms with Crippen LogP contribution in [0.25, 0.3) is 0 Å². The molecule has 1 saturated heterocycles. The number of esters is 2. The Bertz CT molecular complexity index is 293. The second-order valence-corrected chi connectivity index (χ2v) is 4.41. The number of ether oxygens (including phenoxy) is 2. The van der Waals surface area contributed by atoms with E-state index < -0.39 is 0 Å². The molecule has 5 heteroatoms.